The highest BCUT2D eigenvalue weighted by Crippen LogP contribution is 2.83. The maximum atomic E-state index is 14.4. The molecule has 0 heterocycles. The van der Waals surface area contributed by atoms with Gasteiger partial charge in [-0.15, -0.1) is 0 Å². The van der Waals surface area contributed by atoms with Gasteiger partial charge >= 0.3 is 23.9 Å². The van der Waals surface area contributed by atoms with E-state index in [0.29, 0.717) is 117 Å². The van der Waals surface area contributed by atoms with Gasteiger partial charge in [0.05, 0.1) is 12.7 Å². The summed E-state index contributed by atoms with van der Waals surface area (Å²) in [5.74, 6) is 8.05. The van der Waals surface area contributed by atoms with Crippen molar-refractivity contribution in [3.63, 3.8) is 0 Å². The van der Waals surface area contributed by atoms with Crippen molar-refractivity contribution in [1.82, 2.24) is 0 Å². The number of allylic oxidation sites excluding steroid dienone is 10. The van der Waals surface area contributed by atoms with Crippen LogP contribution in [0.15, 0.2) is 58.4 Å². The van der Waals surface area contributed by atoms with Gasteiger partial charge in [-0.25, -0.2) is 4.85 Å². The van der Waals surface area contributed by atoms with Gasteiger partial charge in [0.1, 0.15) is 28.8 Å². The summed E-state index contributed by atoms with van der Waals surface area (Å²) >= 11 is 0. The standard InChI is InChI=1S/C32H45NO2.C32H48O5.C32H50O4.C30H50O/c1-19-12-15-32(21(3)34)17-16-30(7)22(26(32)20(19)2)10-11-25-29(6)18-23(33-9)27(35)28(4,5)24(29)13-14-31(25,30)8;1-18-9-12-28(4)15-16-30(6)21(25(28)19(18)2)17-22(34)26-29(5)13-11-24(37-20(3)33)32(8,27(35)36)23(29)10-14-31(26,30)7;1-19-11-14-28(4)17-18-30(6)22(26(28)20(19)2)9-10-23-29(5)15-13-25(36-21(3)33)32(8,27(34)35)24(29)12-16-31(23,30)7;1-19-11-14-27(5)17-18-29(7)21(25(27)20(19)2)9-10-23-28(6)15-13-24(31)26(3,4)22(28)12-16-30(23,29)8/h10,18-20,24-26H,11-17H2,1-8H3;17-19,23-26H,9-16H2,1-8H3,(H,35,36);9,19-20,23-26H,10-18H2,1-8H3,(H,34,35);9,19-20,22-25,31H,10-18H2,1-8H3/t19-,20+,24?,25?,26?,29+,30-,31-,32-;18-,19+,23?,24+,25?,26?,28-,29+,30-,31-,32-;19-,20+,23?,24?,25+,26?,28-,29-,30-,31-,32-;19-,20+,22?,23?,24+,25?,27-,28+,29-,30-/m1111/s1. The quantitative estimate of drug-likeness (QED) is 0.134. The van der Waals surface area contributed by atoms with Crippen LogP contribution in [0.2, 0.25) is 0 Å². The van der Waals surface area contributed by atoms with E-state index in [-0.39, 0.29) is 107 Å². The monoisotopic (exact) mass is 1910 g/mol. The molecule has 41 atom stereocenters. The minimum atomic E-state index is -1.20. The fraction of sp³-hybridized carbons (Fsp3) is 0.857. The normalized spacial score (nSPS) is 53.8. The lowest BCUT2D eigenvalue weighted by atomic mass is 9.33. The van der Waals surface area contributed by atoms with Crippen LogP contribution in [0.4, 0.5) is 0 Å². The number of hydrogen-bond donors (Lipinski definition) is 3. The first kappa shape index (κ1) is 105. The number of Topliss-reactive ketones (excluding diaryl/α,β-unsaturated/α-hetero) is 2. The van der Waals surface area contributed by atoms with Crippen molar-refractivity contribution in [3.8, 4) is 0 Å². The molecule has 0 aromatic heterocycles. The SMILES string of the molecule is CC(=O)O[C@H]1CC[C@@]2(C)C(CC[C@]3(C)C2C(=O)C=C2C4[C@@H](C)[C@H](C)CC[C@]4(C)CC[C@]23C)[C@@]1(C)C(=O)O.CC(=O)O[C@H]1CC[C@@]2(C)C(CC[C@]3(C)C2CC=C2C4[C@@H](C)[C@H](C)CC[C@]4(C)CC[C@]23C)[C@@]1(C)C(=O)O.C[C@@H]1CC[C@]2(C)CC[C@]3(C)C(=CCC4[C@@]5(C)CC[C@H](O)C(C)(C)C5CC[C@]43C)C2[C@H]1C.[C-]#[N+]C1=C[C@@]2(C)C(CC[C@]3(C)C2CC=C2C4[C@@H](C)[C@H](C)CC[C@]4(C(C)=O)CC[C@]23C)C(C)(C)C1=O. The number of hydrogen-bond acceptors (Lipinski definition) is 10. The topological polar surface area (TPSA) is 203 Å². The molecule has 0 spiro atoms. The Morgan fingerprint density at radius 2 is 0.712 bits per heavy atom. The number of aliphatic carboxylic acids is 2. The van der Waals surface area contributed by atoms with Gasteiger partial charge in [0.25, 0.3) is 0 Å². The highest BCUT2D eigenvalue weighted by molar-refractivity contribution is 6.02. The summed E-state index contributed by atoms with van der Waals surface area (Å²) in [6, 6.07) is 0. The Balaban J connectivity index is 0.000000128. The van der Waals surface area contributed by atoms with Crippen molar-refractivity contribution in [2.45, 2.75) is 452 Å². The summed E-state index contributed by atoms with van der Waals surface area (Å²) < 4.78 is 11.3. The molecule has 20 aliphatic rings. The van der Waals surface area contributed by atoms with Gasteiger partial charge < -0.3 is 29.6 Å². The second kappa shape index (κ2) is 34.0. The van der Waals surface area contributed by atoms with Crippen molar-refractivity contribution in [2.75, 3.05) is 0 Å². The molecule has 3 N–H and O–H groups in total. The van der Waals surface area contributed by atoms with Crippen molar-refractivity contribution in [1.29, 1.82) is 0 Å². The molecule has 0 aromatic carbocycles. The fourth-order valence-corrected chi connectivity index (χ4v) is 43.7. The number of nitrogens with zero attached hydrogens (tertiary/aromatic N) is 1. The van der Waals surface area contributed by atoms with Gasteiger partial charge in [-0.05, 0) is 438 Å². The van der Waals surface area contributed by atoms with E-state index in [2.05, 4.69) is 222 Å². The van der Waals surface area contributed by atoms with Crippen molar-refractivity contribution in [2.24, 2.45) is 227 Å². The number of ether oxygens (including phenoxy) is 2. The van der Waals surface area contributed by atoms with E-state index in [1.807, 2.05) is 19.4 Å². The first-order valence-electron chi connectivity index (χ1n) is 57.3. The van der Waals surface area contributed by atoms with Crippen LogP contribution in [0, 0.1) is 233 Å². The minimum absolute atomic E-state index is 0.0136. The van der Waals surface area contributed by atoms with Crippen molar-refractivity contribution in [3.05, 3.63) is 69.8 Å². The number of aliphatic hydroxyl groups is 1. The molecule has 15 saturated carbocycles. The first-order valence-corrected chi connectivity index (χ1v) is 57.3. The number of rotatable bonds is 5. The molecular weight excluding hydrogens is 1720 g/mol. The molecule has 20 aliphatic carbocycles. The Labute approximate surface area is 842 Å². The van der Waals surface area contributed by atoms with E-state index < -0.39 is 51.8 Å². The molecule has 0 aliphatic heterocycles. The predicted molar refractivity (Wildman–Crippen MR) is 555 cm³/mol. The van der Waals surface area contributed by atoms with E-state index in [1.54, 1.807) is 18.1 Å². The molecule has 0 aromatic rings. The van der Waals surface area contributed by atoms with Crippen LogP contribution in [-0.4, -0.2) is 74.9 Å². The Bertz CT molecular complexity index is 5160. The van der Waals surface area contributed by atoms with Crippen LogP contribution in [0.25, 0.3) is 4.85 Å². The van der Waals surface area contributed by atoms with Gasteiger partial charge in [-0.3, -0.25) is 28.8 Å². The van der Waals surface area contributed by atoms with Gasteiger partial charge in [0.15, 0.2) is 11.6 Å². The zero-order valence-electron chi connectivity index (χ0n) is 93.5. The Morgan fingerprint density at radius 1 is 0.367 bits per heavy atom. The number of aliphatic hydroxyl groups excluding tert-OH is 1. The molecule has 774 valence electrons. The molecule has 13 nitrogen and oxygen atoms in total. The van der Waals surface area contributed by atoms with E-state index in [1.165, 1.54) is 116 Å². The van der Waals surface area contributed by atoms with Crippen LogP contribution >= 0.6 is 0 Å². The van der Waals surface area contributed by atoms with Crippen LogP contribution in [0.3, 0.4) is 0 Å². The molecule has 0 bridgehead atoms. The third-order valence-corrected chi connectivity index (χ3v) is 53.8. The summed E-state index contributed by atoms with van der Waals surface area (Å²) in [5.41, 5.74) is 5.94. The molecule has 12 unspecified atom stereocenters. The van der Waals surface area contributed by atoms with E-state index in [0.717, 1.165) is 132 Å². The van der Waals surface area contributed by atoms with Crippen LogP contribution < -0.4 is 0 Å². The molecule has 139 heavy (non-hydrogen) atoms. The average Bonchev–Trinajstić information content (AvgIpc) is 0.657. The van der Waals surface area contributed by atoms with Crippen molar-refractivity contribution >= 4 is 41.2 Å². The smallest absolute Gasteiger partial charge is 0.313 e. The average molecular weight is 1910 g/mol. The molecular formula is C126H193NO12. The second-order valence-electron chi connectivity index (χ2n) is 59.1. The Kier molecular flexibility index (Phi) is 25.8. The highest BCUT2D eigenvalue weighted by Gasteiger charge is 2.77. The lowest BCUT2D eigenvalue weighted by Crippen LogP contribution is -2.68. The number of esters is 2. The minimum Gasteiger partial charge on any atom is -0.481 e. The maximum Gasteiger partial charge on any atom is 0.313 e. The molecule has 13 heteroatoms. The lowest BCUT2D eigenvalue weighted by Gasteiger charge is -2.71. The zero-order valence-corrected chi connectivity index (χ0v) is 93.5. The van der Waals surface area contributed by atoms with Gasteiger partial charge in [-0.2, -0.15) is 0 Å². The summed E-state index contributed by atoms with van der Waals surface area (Å²) in [7, 11) is 0. The number of carboxylic acids is 2. The Morgan fingerprint density at radius 3 is 1.14 bits per heavy atom. The van der Waals surface area contributed by atoms with E-state index >= 15 is 0 Å². The maximum absolute atomic E-state index is 14.4. The molecule has 0 saturated heterocycles. The third-order valence-electron chi connectivity index (χ3n) is 53.8. The molecule has 20 rings (SSSR count). The van der Waals surface area contributed by atoms with Gasteiger partial charge in [-0.1, -0.05) is 234 Å². The predicted octanol–water partition coefficient (Wildman–Crippen LogP) is 30.3. The summed E-state index contributed by atoms with van der Waals surface area (Å²) in [6.07, 6.45) is 47.6. The fourth-order valence-electron chi connectivity index (χ4n) is 43.7. The number of carbonyl (C=O) groups is 7. The summed E-state index contributed by atoms with van der Waals surface area (Å²) in [5, 5.41) is 32.0. The number of ketones is 3. The summed E-state index contributed by atoms with van der Waals surface area (Å²) in [4.78, 5) is 94.1. The summed E-state index contributed by atoms with van der Waals surface area (Å²) in [6.45, 7) is 82.2. The molecule has 0 radical (unpaired) electrons. The van der Waals surface area contributed by atoms with E-state index in [9.17, 15) is 48.9 Å². The number of fused-ring (bicyclic) bond motifs is 28. The first-order chi connectivity index (χ1) is 64.2. The van der Waals surface area contributed by atoms with E-state index in [4.69, 9.17) is 16.0 Å². The van der Waals surface area contributed by atoms with Crippen LogP contribution in [0.1, 0.15) is 433 Å². The van der Waals surface area contributed by atoms with Crippen LogP contribution in [0.5, 0.6) is 0 Å². The molecule has 15 fully saturated rings. The largest absolute Gasteiger partial charge is 0.481 e. The lowest BCUT2D eigenvalue weighted by molar-refractivity contribution is -0.223. The van der Waals surface area contributed by atoms with Gasteiger partial charge in [0, 0.05) is 30.6 Å². The Hall–Kier alpha value is -4.96. The van der Waals surface area contributed by atoms with Gasteiger partial charge in [0.2, 0.25) is 5.70 Å². The third kappa shape index (κ3) is 14.2. The van der Waals surface area contributed by atoms with Crippen LogP contribution in [-0.2, 0) is 43.0 Å². The number of carbonyl (C=O) groups excluding carboxylic acids is 5. The second-order valence-corrected chi connectivity index (χ2v) is 59.1. The highest BCUT2D eigenvalue weighted by atomic mass is 16.6. The van der Waals surface area contributed by atoms with Crippen molar-refractivity contribution < 1.29 is 58.4 Å². The molecule has 0 amide bonds. The number of carboxylic acid groups (broad SMARTS) is 2. The zero-order chi connectivity index (χ0) is 102.